The molecule has 2 heterocycles. The summed E-state index contributed by atoms with van der Waals surface area (Å²) >= 11 is 0. The van der Waals surface area contributed by atoms with Gasteiger partial charge in [-0.2, -0.15) is 4.98 Å². The predicted octanol–water partition coefficient (Wildman–Crippen LogP) is 1.87. The standard InChI is InChI=1S/C15H19N3O3/c1-10(12-8-20-13-6-4-3-5-11(12)13)16-7-15-17-14(9-19-2)18-21-15/h3-6,10,12,16H,7-9H2,1-2H3/t10-,12+/m0/s1. The third-order valence-electron chi connectivity index (χ3n) is 3.70. The first kappa shape index (κ1) is 14.0. The highest BCUT2D eigenvalue weighted by atomic mass is 16.5. The number of benzene rings is 1. The van der Waals surface area contributed by atoms with Crippen LogP contribution in [-0.2, 0) is 17.9 Å². The highest BCUT2D eigenvalue weighted by Gasteiger charge is 2.28. The minimum absolute atomic E-state index is 0.256. The molecule has 6 heteroatoms. The number of methoxy groups -OCH3 is 1. The zero-order valence-electron chi connectivity index (χ0n) is 12.2. The van der Waals surface area contributed by atoms with Gasteiger partial charge in [-0.05, 0) is 13.0 Å². The summed E-state index contributed by atoms with van der Waals surface area (Å²) in [6.45, 7) is 3.74. The van der Waals surface area contributed by atoms with Crippen molar-refractivity contribution in [1.82, 2.24) is 15.5 Å². The van der Waals surface area contributed by atoms with E-state index in [1.807, 2.05) is 18.2 Å². The maximum absolute atomic E-state index is 5.71. The second kappa shape index (κ2) is 6.24. The number of rotatable bonds is 6. The van der Waals surface area contributed by atoms with Crippen molar-refractivity contribution in [3.8, 4) is 5.75 Å². The van der Waals surface area contributed by atoms with Crippen LogP contribution in [0.25, 0.3) is 0 Å². The van der Waals surface area contributed by atoms with E-state index in [1.165, 1.54) is 5.56 Å². The van der Waals surface area contributed by atoms with Gasteiger partial charge in [-0.1, -0.05) is 23.4 Å². The summed E-state index contributed by atoms with van der Waals surface area (Å²) < 4.78 is 15.8. The van der Waals surface area contributed by atoms with Gasteiger partial charge in [0.15, 0.2) is 5.82 Å². The lowest BCUT2D eigenvalue weighted by atomic mass is 9.94. The number of aromatic nitrogens is 2. The zero-order chi connectivity index (χ0) is 14.7. The molecule has 0 saturated carbocycles. The molecule has 1 aliphatic heterocycles. The van der Waals surface area contributed by atoms with E-state index < -0.39 is 0 Å². The average Bonchev–Trinajstić information content (AvgIpc) is 3.12. The fraction of sp³-hybridized carbons (Fsp3) is 0.467. The van der Waals surface area contributed by atoms with Crippen LogP contribution in [0.3, 0.4) is 0 Å². The van der Waals surface area contributed by atoms with Crippen LogP contribution in [-0.4, -0.2) is 29.9 Å². The van der Waals surface area contributed by atoms with Gasteiger partial charge in [-0.25, -0.2) is 0 Å². The average molecular weight is 289 g/mol. The number of hydrogen-bond acceptors (Lipinski definition) is 6. The van der Waals surface area contributed by atoms with E-state index in [0.717, 1.165) is 5.75 Å². The predicted molar refractivity (Wildman–Crippen MR) is 76.0 cm³/mol. The molecule has 0 unspecified atom stereocenters. The molecule has 0 spiro atoms. The molecule has 1 N–H and O–H groups in total. The Morgan fingerprint density at radius 1 is 1.43 bits per heavy atom. The number of para-hydroxylation sites is 1. The number of nitrogens with zero attached hydrogens (tertiary/aromatic N) is 2. The monoisotopic (exact) mass is 289 g/mol. The van der Waals surface area contributed by atoms with Crippen molar-refractivity contribution in [3.63, 3.8) is 0 Å². The number of fused-ring (bicyclic) bond motifs is 1. The van der Waals surface area contributed by atoms with Crippen molar-refractivity contribution < 1.29 is 14.0 Å². The molecule has 1 aliphatic rings. The van der Waals surface area contributed by atoms with Crippen molar-refractivity contribution in [2.75, 3.05) is 13.7 Å². The summed E-state index contributed by atoms with van der Waals surface area (Å²) in [4.78, 5) is 4.25. The molecule has 21 heavy (non-hydrogen) atoms. The van der Waals surface area contributed by atoms with E-state index >= 15 is 0 Å². The summed E-state index contributed by atoms with van der Waals surface area (Å²) in [5.41, 5.74) is 1.25. The van der Waals surface area contributed by atoms with Crippen molar-refractivity contribution in [2.24, 2.45) is 0 Å². The Kier molecular flexibility index (Phi) is 4.17. The maximum atomic E-state index is 5.71. The Morgan fingerprint density at radius 2 is 2.29 bits per heavy atom. The largest absolute Gasteiger partial charge is 0.493 e. The van der Waals surface area contributed by atoms with Crippen LogP contribution in [0.1, 0.15) is 30.1 Å². The van der Waals surface area contributed by atoms with Gasteiger partial charge in [0.05, 0.1) is 13.2 Å². The van der Waals surface area contributed by atoms with Crippen molar-refractivity contribution in [2.45, 2.75) is 32.0 Å². The fourth-order valence-electron chi connectivity index (χ4n) is 2.54. The Balaban J connectivity index is 1.58. The Labute approximate surface area is 123 Å². The van der Waals surface area contributed by atoms with Crippen molar-refractivity contribution in [3.05, 3.63) is 41.5 Å². The van der Waals surface area contributed by atoms with Crippen LogP contribution in [0.4, 0.5) is 0 Å². The quantitative estimate of drug-likeness (QED) is 0.875. The molecule has 0 radical (unpaired) electrons. The first-order chi connectivity index (χ1) is 10.3. The van der Waals surface area contributed by atoms with Gasteiger partial charge in [0, 0.05) is 24.6 Å². The van der Waals surface area contributed by atoms with Crippen LogP contribution < -0.4 is 10.1 Å². The topological polar surface area (TPSA) is 69.4 Å². The summed E-state index contributed by atoms with van der Waals surface area (Å²) in [6, 6.07) is 8.43. The minimum Gasteiger partial charge on any atom is -0.493 e. The molecule has 0 amide bonds. The lowest BCUT2D eigenvalue weighted by Crippen LogP contribution is -2.32. The first-order valence-electron chi connectivity index (χ1n) is 7.03. The van der Waals surface area contributed by atoms with E-state index in [1.54, 1.807) is 7.11 Å². The molecular weight excluding hydrogens is 270 g/mol. The Morgan fingerprint density at radius 3 is 3.14 bits per heavy atom. The van der Waals surface area contributed by atoms with Gasteiger partial charge in [0.25, 0.3) is 0 Å². The van der Waals surface area contributed by atoms with Crippen molar-refractivity contribution in [1.29, 1.82) is 0 Å². The first-order valence-corrected chi connectivity index (χ1v) is 7.03. The molecule has 0 aliphatic carbocycles. The minimum atomic E-state index is 0.256. The fourth-order valence-corrected chi connectivity index (χ4v) is 2.54. The van der Waals surface area contributed by atoms with Crippen LogP contribution >= 0.6 is 0 Å². The SMILES string of the molecule is COCc1noc(CN[C@@H](C)[C@H]2COc3ccccc32)n1. The Bertz CT molecular complexity index is 599. The van der Waals surface area contributed by atoms with Gasteiger partial charge in [0.1, 0.15) is 12.4 Å². The molecule has 0 fully saturated rings. The van der Waals surface area contributed by atoms with Crippen LogP contribution in [0.15, 0.2) is 28.8 Å². The molecule has 1 aromatic carbocycles. The number of nitrogens with one attached hydrogen (secondary N) is 1. The summed E-state index contributed by atoms with van der Waals surface area (Å²) in [5.74, 6) is 2.46. The lowest BCUT2D eigenvalue weighted by Gasteiger charge is -2.18. The van der Waals surface area contributed by atoms with E-state index in [2.05, 4.69) is 28.4 Å². The molecule has 0 bridgehead atoms. The maximum Gasteiger partial charge on any atom is 0.240 e. The molecule has 0 saturated heterocycles. The molecular formula is C15H19N3O3. The van der Waals surface area contributed by atoms with Crippen LogP contribution in [0, 0.1) is 0 Å². The third kappa shape index (κ3) is 3.06. The number of hydrogen-bond donors (Lipinski definition) is 1. The zero-order valence-corrected chi connectivity index (χ0v) is 12.2. The molecule has 112 valence electrons. The second-order valence-corrected chi connectivity index (χ2v) is 5.16. The molecule has 1 aromatic heterocycles. The van der Waals surface area contributed by atoms with Gasteiger partial charge < -0.3 is 19.3 Å². The van der Waals surface area contributed by atoms with E-state index in [0.29, 0.717) is 37.4 Å². The molecule has 6 nitrogen and oxygen atoms in total. The third-order valence-corrected chi connectivity index (χ3v) is 3.70. The molecule has 3 rings (SSSR count). The van der Waals surface area contributed by atoms with E-state index in [-0.39, 0.29) is 6.04 Å². The Hall–Kier alpha value is -1.92. The normalized spacial score (nSPS) is 18.3. The van der Waals surface area contributed by atoms with Gasteiger partial charge >= 0.3 is 0 Å². The summed E-state index contributed by atoms with van der Waals surface area (Å²) in [7, 11) is 1.61. The summed E-state index contributed by atoms with van der Waals surface area (Å²) in [6.07, 6.45) is 0. The van der Waals surface area contributed by atoms with E-state index in [9.17, 15) is 0 Å². The second-order valence-electron chi connectivity index (χ2n) is 5.16. The highest BCUT2D eigenvalue weighted by molar-refractivity contribution is 5.40. The highest BCUT2D eigenvalue weighted by Crippen LogP contribution is 2.35. The number of ether oxygens (including phenoxy) is 2. The summed E-state index contributed by atoms with van der Waals surface area (Å²) in [5, 5.41) is 7.26. The smallest absolute Gasteiger partial charge is 0.240 e. The van der Waals surface area contributed by atoms with Crippen LogP contribution in [0.2, 0.25) is 0 Å². The van der Waals surface area contributed by atoms with Crippen LogP contribution in [0.5, 0.6) is 5.75 Å². The van der Waals surface area contributed by atoms with Gasteiger partial charge in [0.2, 0.25) is 5.89 Å². The van der Waals surface area contributed by atoms with Gasteiger partial charge in [-0.15, -0.1) is 0 Å². The lowest BCUT2D eigenvalue weighted by molar-refractivity contribution is 0.174. The molecule has 2 atom stereocenters. The van der Waals surface area contributed by atoms with Gasteiger partial charge in [-0.3, -0.25) is 0 Å². The molecule has 2 aromatic rings. The van der Waals surface area contributed by atoms with E-state index in [4.69, 9.17) is 14.0 Å². The van der Waals surface area contributed by atoms with Crippen molar-refractivity contribution >= 4 is 0 Å².